The Balaban J connectivity index is 1.45. The van der Waals surface area contributed by atoms with E-state index in [9.17, 15) is 14.0 Å². The molecule has 0 spiro atoms. The van der Waals surface area contributed by atoms with Crippen LogP contribution in [0.5, 0.6) is 11.5 Å². The van der Waals surface area contributed by atoms with Gasteiger partial charge < -0.3 is 14.8 Å². The fourth-order valence-electron chi connectivity index (χ4n) is 3.32. The summed E-state index contributed by atoms with van der Waals surface area (Å²) in [5.74, 6) is 0.0122. The Morgan fingerprint density at radius 3 is 2.61 bits per heavy atom. The highest BCUT2D eigenvalue weighted by atomic mass is 35.5. The van der Waals surface area contributed by atoms with Gasteiger partial charge in [0.05, 0.1) is 21.6 Å². The number of nitrogens with one attached hydrogen (secondary N) is 2. The van der Waals surface area contributed by atoms with Crippen LogP contribution in [0.15, 0.2) is 65.6 Å². The molecule has 0 saturated carbocycles. The number of hydrogen-bond acceptors (Lipinski definition) is 6. The van der Waals surface area contributed by atoms with Crippen molar-refractivity contribution >= 4 is 75.2 Å². The largest absolute Gasteiger partial charge is 0.490 e. The predicted octanol–water partition coefficient (Wildman–Crippen LogP) is 7.05. The van der Waals surface area contributed by atoms with Crippen molar-refractivity contribution in [2.75, 3.05) is 11.9 Å². The monoisotopic (exact) mass is 591 g/mol. The van der Waals surface area contributed by atoms with E-state index in [1.165, 1.54) is 18.2 Å². The van der Waals surface area contributed by atoms with E-state index in [1.807, 2.05) is 6.92 Å². The predicted molar refractivity (Wildman–Crippen MR) is 152 cm³/mol. The number of anilines is 1. The lowest BCUT2D eigenvalue weighted by Gasteiger charge is -2.16. The molecule has 1 heterocycles. The third-order valence-electron chi connectivity index (χ3n) is 5.09. The standard InChI is InChI=1S/C26H20Cl2FN3O4S2/c1-2-35-22-11-15(7-10-21(22)36-14-16-5-3-4-6-20(16)29)12-23-24(33)32(26(37)38-23)31-25(34)30-17-8-9-18(27)19(28)13-17/h3-13H,2,14H2,1H3,(H2,30,31,34)/b23-12+. The van der Waals surface area contributed by atoms with Crippen LogP contribution in [0.3, 0.4) is 0 Å². The molecule has 0 aromatic heterocycles. The number of hydrazine groups is 1. The molecule has 3 aromatic rings. The summed E-state index contributed by atoms with van der Waals surface area (Å²) in [4.78, 5) is 25.7. The van der Waals surface area contributed by atoms with Gasteiger partial charge in [-0.15, -0.1) is 0 Å². The van der Waals surface area contributed by atoms with E-state index >= 15 is 0 Å². The van der Waals surface area contributed by atoms with Gasteiger partial charge in [0.1, 0.15) is 12.4 Å². The first-order chi connectivity index (χ1) is 18.2. The lowest BCUT2D eigenvalue weighted by Crippen LogP contribution is -2.46. The van der Waals surface area contributed by atoms with Crippen LogP contribution in [0.2, 0.25) is 10.0 Å². The quantitative estimate of drug-likeness (QED) is 0.216. The second-order valence-corrected chi connectivity index (χ2v) is 10.2. The van der Waals surface area contributed by atoms with Crippen molar-refractivity contribution in [1.82, 2.24) is 10.4 Å². The van der Waals surface area contributed by atoms with Crippen molar-refractivity contribution in [3.05, 3.63) is 92.6 Å². The van der Waals surface area contributed by atoms with Gasteiger partial charge in [-0.05, 0) is 67.2 Å². The molecule has 0 bridgehead atoms. The number of rotatable bonds is 8. The number of benzene rings is 3. The fourth-order valence-corrected chi connectivity index (χ4v) is 4.80. The number of carbonyl (C=O) groups excluding carboxylic acids is 2. The van der Waals surface area contributed by atoms with Gasteiger partial charge in [0, 0.05) is 11.3 Å². The lowest BCUT2D eigenvalue weighted by molar-refractivity contribution is -0.123. The summed E-state index contributed by atoms with van der Waals surface area (Å²) in [6.45, 7) is 2.23. The second kappa shape index (κ2) is 12.5. The zero-order chi connectivity index (χ0) is 27.2. The van der Waals surface area contributed by atoms with Crippen LogP contribution in [-0.4, -0.2) is 27.9 Å². The summed E-state index contributed by atoms with van der Waals surface area (Å²) in [6.07, 6.45) is 1.63. The van der Waals surface area contributed by atoms with Crippen LogP contribution >= 0.6 is 47.2 Å². The lowest BCUT2D eigenvalue weighted by atomic mass is 10.1. The van der Waals surface area contributed by atoms with E-state index in [1.54, 1.807) is 48.5 Å². The van der Waals surface area contributed by atoms with Crippen LogP contribution in [-0.2, 0) is 11.4 Å². The number of thioether (sulfide) groups is 1. The van der Waals surface area contributed by atoms with E-state index in [0.29, 0.717) is 44.8 Å². The Morgan fingerprint density at radius 1 is 1.08 bits per heavy atom. The van der Waals surface area contributed by atoms with Gasteiger partial charge in [0.15, 0.2) is 15.8 Å². The Labute approximate surface area is 237 Å². The van der Waals surface area contributed by atoms with Gasteiger partial charge in [0.25, 0.3) is 5.91 Å². The smallest absolute Gasteiger partial charge is 0.338 e. The third-order valence-corrected chi connectivity index (χ3v) is 7.13. The van der Waals surface area contributed by atoms with Crippen LogP contribution in [0.4, 0.5) is 14.9 Å². The Hall–Kier alpha value is -3.31. The second-order valence-electron chi connectivity index (χ2n) is 7.73. The summed E-state index contributed by atoms with van der Waals surface area (Å²) in [5, 5.41) is 4.16. The van der Waals surface area contributed by atoms with Crippen molar-refractivity contribution in [3.63, 3.8) is 0 Å². The molecule has 1 aliphatic heterocycles. The zero-order valence-corrected chi connectivity index (χ0v) is 22.9. The first-order valence-corrected chi connectivity index (χ1v) is 13.2. The molecule has 0 atom stereocenters. The van der Waals surface area contributed by atoms with Gasteiger partial charge in [-0.25, -0.2) is 14.6 Å². The molecule has 7 nitrogen and oxygen atoms in total. The molecule has 196 valence electrons. The van der Waals surface area contributed by atoms with Gasteiger partial charge in [-0.3, -0.25) is 4.79 Å². The molecule has 1 aliphatic rings. The van der Waals surface area contributed by atoms with E-state index in [0.717, 1.165) is 16.8 Å². The number of halogens is 3. The van der Waals surface area contributed by atoms with Gasteiger partial charge >= 0.3 is 6.03 Å². The van der Waals surface area contributed by atoms with Crippen molar-refractivity contribution in [1.29, 1.82) is 0 Å². The minimum Gasteiger partial charge on any atom is -0.490 e. The fraction of sp³-hybridized carbons (Fsp3) is 0.115. The summed E-state index contributed by atoms with van der Waals surface area (Å²) in [5.41, 5.74) is 3.88. The number of nitrogens with zero attached hydrogens (tertiary/aromatic N) is 1. The summed E-state index contributed by atoms with van der Waals surface area (Å²) < 4.78 is 25.6. The molecule has 0 unspecified atom stereocenters. The van der Waals surface area contributed by atoms with E-state index in [2.05, 4.69) is 10.7 Å². The summed E-state index contributed by atoms with van der Waals surface area (Å²) in [7, 11) is 0. The zero-order valence-electron chi connectivity index (χ0n) is 19.8. The number of amides is 3. The number of carbonyl (C=O) groups is 2. The van der Waals surface area contributed by atoms with Crippen LogP contribution in [0.1, 0.15) is 18.1 Å². The summed E-state index contributed by atoms with van der Waals surface area (Å²) in [6, 6.07) is 15.4. The third kappa shape index (κ3) is 6.76. The number of thiocarbonyl (C=S) groups is 1. The van der Waals surface area contributed by atoms with Crippen molar-refractivity contribution in [2.24, 2.45) is 0 Å². The molecule has 1 saturated heterocycles. The molecule has 12 heteroatoms. The van der Waals surface area contributed by atoms with E-state index in [-0.39, 0.29) is 21.8 Å². The topological polar surface area (TPSA) is 79.9 Å². The molecular formula is C26H20Cl2FN3O4S2. The molecule has 0 radical (unpaired) electrons. The minimum absolute atomic E-state index is 0.0285. The molecule has 4 rings (SSSR count). The van der Waals surface area contributed by atoms with E-state index < -0.39 is 11.9 Å². The molecule has 3 aromatic carbocycles. The SMILES string of the molecule is CCOc1cc(/C=C2/SC(=S)N(NC(=O)Nc3ccc(Cl)c(Cl)c3)C2=O)ccc1OCc1ccccc1F. The van der Waals surface area contributed by atoms with Crippen LogP contribution in [0.25, 0.3) is 6.08 Å². The molecule has 0 aliphatic carbocycles. The highest BCUT2D eigenvalue weighted by Gasteiger charge is 2.33. The maximum atomic E-state index is 13.9. The number of ether oxygens (including phenoxy) is 2. The normalized spacial score (nSPS) is 14.1. The molecular weight excluding hydrogens is 572 g/mol. The van der Waals surface area contributed by atoms with Gasteiger partial charge in [0.2, 0.25) is 0 Å². The maximum absolute atomic E-state index is 13.9. The number of hydrogen-bond donors (Lipinski definition) is 2. The van der Waals surface area contributed by atoms with E-state index in [4.69, 9.17) is 44.9 Å². The molecule has 2 N–H and O–H groups in total. The number of urea groups is 1. The first-order valence-electron chi connectivity index (χ1n) is 11.2. The highest BCUT2D eigenvalue weighted by Crippen LogP contribution is 2.35. The minimum atomic E-state index is -0.684. The summed E-state index contributed by atoms with van der Waals surface area (Å²) >= 11 is 18.2. The van der Waals surface area contributed by atoms with Crippen molar-refractivity contribution in [3.8, 4) is 11.5 Å². The average molecular weight is 593 g/mol. The molecule has 1 fully saturated rings. The van der Waals surface area contributed by atoms with Gasteiger partial charge in [-0.2, -0.15) is 5.01 Å². The molecule has 3 amide bonds. The average Bonchev–Trinajstić information content (AvgIpc) is 3.14. The van der Waals surface area contributed by atoms with Crippen LogP contribution in [0, 0.1) is 5.82 Å². The van der Waals surface area contributed by atoms with Gasteiger partial charge in [-0.1, -0.05) is 59.2 Å². The Morgan fingerprint density at radius 2 is 1.87 bits per heavy atom. The molecule has 38 heavy (non-hydrogen) atoms. The first kappa shape index (κ1) is 27.7. The highest BCUT2D eigenvalue weighted by molar-refractivity contribution is 8.26. The Bertz CT molecular complexity index is 1440. The van der Waals surface area contributed by atoms with Crippen LogP contribution < -0.4 is 20.2 Å². The van der Waals surface area contributed by atoms with Crippen molar-refractivity contribution in [2.45, 2.75) is 13.5 Å². The van der Waals surface area contributed by atoms with Crippen molar-refractivity contribution < 1.29 is 23.5 Å². The Kier molecular flexibility index (Phi) is 9.11. The maximum Gasteiger partial charge on any atom is 0.338 e.